The largest absolute Gasteiger partial charge is 0.455 e. The smallest absolute Gasteiger partial charge is 0.408 e. The van der Waals surface area contributed by atoms with Crippen LogP contribution in [0.3, 0.4) is 0 Å². The molecule has 334 valence electrons. The van der Waals surface area contributed by atoms with Crippen LogP contribution >= 0.6 is 0 Å². The number of Topliss-reactive ketones (excluding diaryl/α,β-unsaturated/α-hetero) is 2. The lowest BCUT2D eigenvalue weighted by Gasteiger charge is -2.47. The lowest BCUT2D eigenvalue weighted by molar-refractivity contribution is -0.292. The van der Waals surface area contributed by atoms with Crippen LogP contribution in [0.4, 0.5) is 14.0 Å². The second kappa shape index (κ2) is 19.1. The number of hydrogen-bond donors (Lipinski definition) is 3. The summed E-state index contributed by atoms with van der Waals surface area (Å²) in [7, 11) is 3.55. The van der Waals surface area contributed by atoms with Gasteiger partial charge in [-0.3, -0.25) is 9.59 Å². The van der Waals surface area contributed by atoms with Crippen LogP contribution in [-0.2, 0) is 38.1 Å². The molecule has 0 bridgehead atoms. The number of carbonyl (C=O) groups is 5. The van der Waals surface area contributed by atoms with E-state index in [2.05, 4.69) is 20.6 Å². The molecule has 5 rings (SSSR count). The molecular formula is C44H60FN5O11. The van der Waals surface area contributed by atoms with Gasteiger partial charge in [-0.25, -0.2) is 28.7 Å². The minimum Gasteiger partial charge on any atom is -0.455 e. The quantitative estimate of drug-likeness (QED) is 0.176. The zero-order valence-electron chi connectivity index (χ0n) is 36.5. The Bertz CT molecular complexity index is 1930. The van der Waals surface area contributed by atoms with Gasteiger partial charge in [0.1, 0.15) is 29.7 Å². The van der Waals surface area contributed by atoms with Gasteiger partial charge in [-0.15, -0.1) is 0 Å². The van der Waals surface area contributed by atoms with Crippen molar-refractivity contribution in [3.63, 3.8) is 0 Å². The van der Waals surface area contributed by atoms with Crippen molar-refractivity contribution in [3.05, 3.63) is 54.4 Å². The molecule has 2 amide bonds. The first-order chi connectivity index (χ1) is 28.6. The summed E-state index contributed by atoms with van der Waals surface area (Å²) in [5.41, 5.74) is -5.20. The Morgan fingerprint density at radius 2 is 1.70 bits per heavy atom. The standard InChI is InChI=1S/C44H60FN5O11/c1-11-31-44(8)34(49-41(56)61-44)26(4)32(51)24(2)23-42(6,60-40(55)48-19-12-14-28-15-17-29(18-16-28)37-46-20-13-21-47-37)36(27(5)35(53)43(7,45)39(54)58-31)59-38-33(52)30(50(9)10)22-25(3)57-38/h12-18,20-21,24-27,30-31,33-34,36,38,52H,11,19,22-23H2,1-10H3,(H,48,55)(H,49,56)/b14-12+/t24-,25-,26+,27+,30+,31-,33-,34?,36-,38+,42-,43+,44-/m1/s1. The minimum atomic E-state index is -3.29. The molecule has 1 aromatic heterocycles. The highest BCUT2D eigenvalue weighted by atomic mass is 19.1. The molecule has 16 nitrogen and oxygen atoms in total. The predicted molar refractivity (Wildman–Crippen MR) is 220 cm³/mol. The first-order valence-electron chi connectivity index (χ1n) is 20.8. The van der Waals surface area contributed by atoms with Crippen molar-refractivity contribution < 1.29 is 57.2 Å². The maximum absolute atomic E-state index is 16.9. The van der Waals surface area contributed by atoms with Gasteiger partial charge >= 0.3 is 18.2 Å². The van der Waals surface area contributed by atoms with E-state index in [4.69, 9.17) is 23.7 Å². The van der Waals surface area contributed by atoms with Crippen molar-refractivity contribution in [2.75, 3.05) is 20.6 Å². The number of alkyl halides is 1. The third-order valence-electron chi connectivity index (χ3n) is 12.2. The number of aliphatic hydroxyl groups is 1. The fourth-order valence-corrected chi connectivity index (χ4v) is 8.87. The fourth-order valence-electron chi connectivity index (χ4n) is 8.87. The van der Waals surface area contributed by atoms with Gasteiger partial charge in [0, 0.05) is 48.3 Å². The molecule has 0 aliphatic carbocycles. The number of carbonyl (C=O) groups excluding carboxylic acids is 5. The summed E-state index contributed by atoms with van der Waals surface area (Å²) >= 11 is 0. The number of halogens is 1. The summed E-state index contributed by atoms with van der Waals surface area (Å²) in [4.78, 5) is 79.4. The minimum absolute atomic E-state index is 0.0105. The molecule has 3 saturated heterocycles. The number of likely N-dealkylation sites (N-methyl/N-ethyl adjacent to an activating group) is 1. The highest BCUT2D eigenvalue weighted by Gasteiger charge is 2.60. The fraction of sp³-hybridized carbons (Fsp3) is 0.614. The molecule has 13 atom stereocenters. The lowest BCUT2D eigenvalue weighted by atomic mass is 9.73. The molecule has 1 aromatic carbocycles. The number of rotatable bonds is 9. The summed E-state index contributed by atoms with van der Waals surface area (Å²) in [5, 5.41) is 16.9. The van der Waals surface area contributed by atoms with E-state index in [0.717, 1.165) is 18.1 Å². The maximum Gasteiger partial charge on any atom is 0.408 e. The Morgan fingerprint density at radius 1 is 1.05 bits per heavy atom. The SMILES string of the molecule is CC[C@H]1OC(=O)[C@@](C)(F)C(=O)[C@H](C)[C@@H](O[C@@H]2O[C@H](C)C[C@H](N(C)C)[C@H]2O)[C@](C)(OC(=O)NC/C=C/c2ccc(-c3ncccn3)cc2)C[C@@H](C)C(=O)[C@H](C)C2NC(=O)O[C@@]21C. The second-order valence-electron chi connectivity index (χ2n) is 17.3. The van der Waals surface area contributed by atoms with E-state index in [9.17, 15) is 29.1 Å². The van der Waals surface area contributed by atoms with E-state index < -0.39 is 101 Å². The molecule has 3 aliphatic heterocycles. The third kappa shape index (κ3) is 10.3. The van der Waals surface area contributed by atoms with Crippen LogP contribution in [0, 0.1) is 17.8 Å². The summed E-state index contributed by atoms with van der Waals surface area (Å²) in [6, 6.07) is 7.69. The van der Waals surface area contributed by atoms with E-state index in [1.807, 2.05) is 24.3 Å². The number of aromatic nitrogens is 2. The van der Waals surface area contributed by atoms with Crippen molar-refractivity contribution in [1.29, 1.82) is 0 Å². The first-order valence-corrected chi connectivity index (χ1v) is 20.8. The Balaban J connectivity index is 1.50. The number of ether oxygens (including phenoxy) is 5. The van der Waals surface area contributed by atoms with Gasteiger partial charge in [0.05, 0.1) is 12.1 Å². The lowest BCUT2D eigenvalue weighted by Crippen LogP contribution is -2.62. The zero-order chi connectivity index (χ0) is 45.0. The number of nitrogens with one attached hydrogen (secondary N) is 2. The van der Waals surface area contributed by atoms with Crippen LogP contribution < -0.4 is 10.6 Å². The topological polar surface area (TPSA) is 205 Å². The molecule has 0 spiro atoms. The highest BCUT2D eigenvalue weighted by Crippen LogP contribution is 2.41. The van der Waals surface area contributed by atoms with Crippen LogP contribution in [0.2, 0.25) is 0 Å². The van der Waals surface area contributed by atoms with E-state index in [1.165, 1.54) is 20.8 Å². The normalized spacial score (nSPS) is 36.4. The van der Waals surface area contributed by atoms with Gasteiger partial charge < -0.3 is 44.3 Å². The molecular weight excluding hydrogens is 794 g/mol. The van der Waals surface area contributed by atoms with Gasteiger partial charge in [-0.05, 0) is 72.7 Å². The third-order valence-corrected chi connectivity index (χ3v) is 12.2. The number of aliphatic hydroxyl groups excluding tert-OH is 1. The average Bonchev–Trinajstić information content (AvgIpc) is 3.54. The predicted octanol–water partition coefficient (Wildman–Crippen LogP) is 4.82. The van der Waals surface area contributed by atoms with Crippen LogP contribution in [-0.4, -0.2) is 130 Å². The van der Waals surface area contributed by atoms with Crippen LogP contribution in [0.15, 0.2) is 48.8 Å². The summed E-state index contributed by atoms with van der Waals surface area (Å²) in [5.74, 6) is -6.12. The van der Waals surface area contributed by atoms with Crippen molar-refractivity contribution >= 4 is 35.8 Å². The Morgan fingerprint density at radius 3 is 2.33 bits per heavy atom. The monoisotopic (exact) mass is 853 g/mol. The molecule has 3 aliphatic rings. The molecule has 61 heavy (non-hydrogen) atoms. The molecule has 3 fully saturated rings. The van der Waals surface area contributed by atoms with Crippen molar-refractivity contribution in [2.45, 2.75) is 134 Å². The van der Waals surface area contributed by atoms with Crippen LogP contribution in [0.5, 0.6) is 0 Å². The number of alkyl carbamates (subject to hydrolysis) is 2. The number of hydrogen-bond acceptors (Lipinski definition) is 14. The molecule has 0 saturated carbocycles. The molecule has 3 N–H and O–H groups in total. The Hall–Kier alpha value is -4.84. The molecule has 17 heteroatoms. The van der Waals surface area contributed by atoms with Crippen molar-refractivity contribution in [3.8, 4) is 11.4 Å². The highest BCUT2D eigenvalue weighted by molar-refractivity contribution is 6.08. The number of cyclic esters (lactones) is 1. The van der Waals surface area contributed by atoms with Crippen molar-refractivity contribution in [1.82, 2.24) is 25.5 Å². The van der Waals surface area contributed by atoms with Gasteiger partial charge in [0.25, 0.3) is 5.67 Å². The Kier molecular flexibility index (Phi) is 14.7. The van der Waals surface area contributed by atoms with Gasteiger partial charge in [0.15, 0.2) is 23.5 Å². The number of fused-ring (bicyclic) bond motifs is 1. The van der Waals surface area contributed by atoms with Gasteiger partial charge in [0.2, 0.25) is 0 Å². The van der Waals surface area contributed by atoms with Crippen LogP contribution in [0.25, 0.3) is 17.5 Å². The van der Waals surface area contributed by atoms with Crippen LogP contribution in [0.1, 0.15) is 80.2 Å². The Labute approximate surface area is 356 Å². The molecule has 2 aromatic rings. The second-order valence-corrected chi connectivity index (χ2v) is 17.3. The van der Waals surface area contributed by atoms with E-state index in [-0.39, 0.29) is 25.2 Å². The van der Waals surface area contributed by atoms with Gasteiger partial charge in [-0.2, -0.15) is 0 Å². The van der Waals surface area contributed by atoms with E-state index in [0.29, 0.717) is 12.2 Å². The number of benzene rings is 1. The molecule has 4 heterocycles. The number of nitrogens with zero attached hydrogens (tertiary/aromatic N) is 3. The van der Waals surface area contributed by atoms with E-state index in [1.54, 1.807) is 77.3 Å². The number of esters is 1. The maximum atomic E-state index is 16.9. The summed E-state index contributed by atoms with van der Waals surface area (Å²) < 4.78 is 46.9. The zero-order valence-corrected chi connectivity index (χ0v) is 36.5. The number of amides is 2. The average molecular weight is 854 g/mol. The van der Waals surface area contributed by atoms with Gasteiger partial charge in [-0.1, -0.05) is 64.1 Å². The summed E-state index contributed by atoms with van der Waals surface area (Å²) in [6.07, 6.45) is -0.869. The first kappa shape index (κ1) is 47.2. The number of ketones is 2. The molecule has 1 unspecified atom stereocenters. The molecule has 0 radical (unpaired) electrons. The van der Waals surface area contributed by atoms with Crippen molar-refractivity contribution in [2.24, 2.45) is 17.8 Å². The summed E-state index contributed by atoms with van der Waals surface area (Å²) in [6.45, 7) is 11.6. The van der Waals surface area contributed by atoms with E-state index >= 15 is 4.39 Å².